The molecule has 2 rings (SSSR count). The van der Waals surface area contributed by atoms with Gasteiger partial charge in [0.2, 0.25) is 0 Å². The number of benzene rings is 2. The summed E-state index contributed by atoms with van der Waals surface area (Å²) < 4.78 is 18.2. The zero-order valence-electron chi connectivity index (χ0n) is 13.5. The van der Waals surface area contributed by atoms with E-state index >= 15 is 0 Å². The summed E-state index contributed by atoms with van der Waals surface area (Å²) in [6, 6.07) is 9.01. The molecule has 126 valence electrons. The molecular formula is C18H17ClFNO3. The second-order valence-corrected chi connectivity index (χ2v) is 5.89. The maximum atomic E-state index is 13.0. The van der Waals surface area contributed by atoms with Crippen LogP contribution in [-0.4, -0.2) is 18.0 Å². The van der Waals surface area contributed by atoms with Crippen molar-refractivity contribution in [2.45, 2.75) is 26.9 Å². The minimum absolute atomic E-state index is 0.0661. The maximum absolute atomic E-state index is 13.0. The smallest absolute Gasteiger partial charge is 0.339 e. The van der Waals surface area contributed by atoms with Gasteiger partial charge in [0.05, 0.1) is 16.3 Å². The van der Waals surface area contributed by atoms with Gasteiger partial charge in [0.1, 0.15) is 5.82 Å². The fourth-order valence-electron chi connectivity index (χ4n) is 2.06. The Morgan fingerprint density at radius 1 is 1.17 bits per heavy atom. The number of anilines is 1. The topological polar surface area (TPSA) is 55.4 Å². The van der Waals surface area contributed by atoms with Crippen LogP contribution < -0.4 is 5.32 Å². The average Bonchev–Trinajstić information content (AvgIpc) is 2.52. The Balaban J connectivity index is 2.05. The largest absolute Gasteiger partial charge is 0.449 e. The molecule has 0 fully saturated rings. The van der Waals surface area contributed by atoms with E-state index in [1.165, 1.54) is 19.1 Å². The number of hydrogen-bond acceptors (Lipinski definition) is 3. The molecule has 0 radical (unpaired) electrons. The van der Waals surface area contributed by atoms with Crippen LogP contribution in [-0.2, 0) is 9.53 Å². The van der Waals surface area contributed by atoms with E-state index in [1.54, 1.807) is 13.0 Å². The van der Waals surface area contributed by atoms with E-state index in [0.29, 0.717) is 5.56 Å². The van der Waals surface area contributed by atoms with E-state index in [2.05, 4.69) is 5.32 Å². The highest BCUT2D eigenvalue weighted by Crippen LogP contribution is 2.23. The minimum Gasteiger partial charge on any atom is -0.449 e. The van der Waals surface area contributed by atoms with E-state index in [-0.39, 0.29) is 10.7 Å². The Labute approximate surface area is 144 Å². The number of carbonyl (C=O) groups is 2. The molecule has 0 spiro atoms. The van der Waals surface area contributed by atoms with Crippen molar-refractivity contribution in [3.8, 4) is 0 Å². The number of hydrogen-bond donors (Lipinski definition) is 1. The van der Waals surface area contributed by atoms with Gasteiger partial charge in [-0.25, -0.2) is 9.18 Å². The summed E-state index contributed by atoms with van der Waals surface area (Å²) in [5.74, 6) is -1.64. The first kappa shape index (κ1) is 17.9. The molecule has 6 heteroatoms. The number of carbonyl (C=O) groups excluding carboxylic acids is 2. The molecule has 0 unspecified atom stereocenters. The van der Waals surface area contributed by atoms with Crippen LogP contribution in [0.15, 0.2) is 36.4 Å². The monoisotopic (exact) mass is 349 g/mol. The van der Waals surface area contributed by atoms with Crippen molar-refractivity contribution in [1.29, 1.82) is 0 Å². The van der Waals surface area contributed by atoms with Crippen LogP contribution in [0.25, 0.3) is 0 Å². The van der Waals surface area contributed by atoms with Crippen molar-refractivity contribution in [2.75, 3.05) is 5.32 Å². The van der Waals surface area contributed by atoms with Crippen molar-refractivity contribution >= 4 is 29.2 Å². The molecule has 0 aliphatic heterocycles. The molecule has 1 atom stereocenters. The predicted molar refractivity (Wildman–Crippen MR) is 90.8 cm³/mol. The molecule has 4 nitrogen and oxygen atoms in total. The molecule has 0 saturated carbocycles. The van der Waals surface area contributed by atoms with Crippen LogP contribution in [0.2, 0.25) is 5.02 Å². The van der Waals surface area contributed by atoms with Crippen LogP contribution in [0, 0.1) is 19.7 Å². The van der Waals surface area contributed by atoms with Gasteiger partial charge >= 0.3 is 5.97 Å². The van der Waals surface area contributed by atoms with Crippen LogP contribution in [0.4, 0.5) is 10.1 Å². The fourth-order valence-corrected chi connectivity index (χ4v) is 2.27. The summed E-state index contributed by atoms with van der Waals surface area (Å²) in [6.45, 7) is 5.11. The Bertz CT molecular complexity index is 792. The Kier molecular flexibility index (Phi) is 5.57. The van der Waals surface area contributed by atoms with Gasteiger partial charge in [-0.2, -0.15) is 0 Å². The van der Waals surface area contributed by atoms with Crippen LogP contribution in [0.5, 0.6) is 0 Å². The Hall–Kier alpha value is -2.40. The lowest BCUT2D eigenvalue weighted by molar-refractivity contribution is -0.123. The number of halogens is 2. The van der Waals surface area contributed by atoms with Crippen molar-refractivity contribution in [3.63, 3.8) is 0 Å². The zero-order valence-corrected chi connectivity index (χ0v) is 14.3. The van der Waals surface area contributed by atoms with Crippen LogP contribution >= 0.6 is 11.6 Å². The van der Waals surface area contributed by atoms with E-state index < -0.39 is 23.8 Å². The fraction of sp³-hybridized carbons (Fsp3) is 0.222. The molecule has 0 aromatic heterocycles. The zero-order chi connectivity index (χ0) is 17.9. The molecule has 0 aliphatic rings. The summed E-state index contributed by atoms with van der Waals surface area (Å²) in [5.41, 5.74) is 2.34. The van der Waals surface area contributed by atoms with Crippen molar-refractivity contribution in [3.05, 3.63) is 63.9 Å². The molecule has 24 heavy (non-hydrogen) atoms. The number of esters is 1. The number of aryl methyl sites for hydroxylation is 2. The number of nitrogens with one attached hydrogen (secondary N) is 1. The van der Waals surface area contributed by atoms with E-state index in [0.717, 1.165) is 17.2 Å². The Morgan fingerprint density at radius 2 is 1.88 bits per heavy atom. The first-order chi connectivity index (χ1) is 11.3. The van der Waals surface area contributed by atoms with E-state index in [4.69, 9.17) is 16.3 Å². The average molecular weight is 350 g/mol. The van der Waals surface area contributed by atoms with Gasteiger partial charge in [0.25, 0.3) is 5.91 Å². The summed E-state index contributed by atoms with van der Waals surface area (Å²) in [7, 11) is 0. The van der Waals surface area contributed by atoms with Gasteiger partial charge in [-0.1, -0.05) is 29.3 Å². The van der Waals surface area contributed by atoms with Crippen molar-refractivity contribution < 1.29 is 18.7 Å². The van der Waals surface area contributed by atoms with E-state index in [1.807, 2.05) is 19.1 Å². The third-order valence-electron chi connectivity index (χ3n) is 3.46. The van der Waals surface area contributed by atoms with Gasteiger partial charge in [-0.05, 0) is 50.6 Å². The second kappa shape index (κ2) is 7.45. The summed E-state index contributed by atoms with van der Waals surface area (Å²) >= 11 is 5.86. The molecular weight excluding hydrogens is 333 g/mol. The van der Waals surface area contributed by atoms with Gasteiger partial charge in [-0.15, -0.1) is 0 Å². The molecule has 2 aromatic carbocycles. The third kappa shape index (κ3) is 4.32. The summed E-state index contributed by atoms with van der Waals surface area (Å²) in [6.07, 6.45) is -1.03. The first-order valence-electron chi connectivity index (χ1n) is 7.32. The lowest BCUT2D eigenvalue weighted by atomic mass is 10.1. The molecule has 1 amide bonds. The second-order valence-electron chi connectivity index (χ2n) is 5.48. The van der Waals surface area contributed by atoms with Crippen molar-refractivity contribution in [2.24, 2.45) is 0 Å². The normalized spacial score (nSPS) is 11.7. The molecule has 0 heterocycles. The van der Waals surface area contributed by atoms with Crippen molar-refractivity contribution in [1.82, 2.24) is 0 Å². The quantitative estimate of drug-likeness (QED) is 0.838. The molecule has 0 bridgehead atoms. The highest BCUT2D eigenvalue weighted by molar-refractivity contribution is 6.33. The summed E-state index contributed by atoms with van der Waals surface area (Å²) in [5, 5.41) is 2.57. The minimum atomic E-state index is -1.03. The molecule has 0 aliphatic carbocycles. The van der Waals surface area contributed by atoms with Crippen LogP contribution in [0.3, 0.4) is 0 Å². The highest BCUT2D eigenvalue weighted by atomic mass is 35.5. The molecule has 0 saturated heterocycles. The maximum Gasteiger partial charge on any atom is 0.339 e. The highest BCUT2D eigenvalue weighted by Gasteiger charge is 2.21. The SMILES string of the molecule is Cc1ccc(C)c(C(=O)O[C@@H](C)C(=O)Nc2ccc(F)cc2Cl)c1. The van der Waals surface area contributed by atoms with Gasteiger partial charge in [0, 0.05) is 0 Å². The number of rotatable bonds is 4. The lowest BCUT2D eigenvalue weighted by Crippen LogP contribution is -2.30. The number of amides is 1. The summed E-state index contributed by atoms with van der Waals surface area (Å²) in [4.78, 5) is 24.3. The molecule has 2 aromatic rings. The lowest BCUT2D eigenvalue weighted by Gasteiger charge is -2.15. The van der Waals surface area contributed by atoms with Gasteiger partial charge < -0.3 is 10.1 Å². The predicted octanol–water partition coefficient (Wildman–Crippen LogP) is 4.28. The third-order valence-corrected chi connectivity index (χ3v) is 3.77. The number of ether oxygens (including phenoxy) is 1. The van der Waals surface area contributed by atoms with E-state index in [9.17, 15) is 14.0 Å². The van der Waals surface area contributed by atoms with Gasteiger partial charge in [-0.3, -0.25) is 4.79 Å². The van der Waals surface area contributed by atoms with Crippen LogP contribution in [0.1, 0.15) is 28.4 Å². The Morgan fingerprint density at radius 3 is 2.54 bits per heavy atom. The molecule has 1 N–H and O–H groups in total. The first-order valence-corrected chi connectivity index (χ1v) is 7.70. The van der Waals surface area contributed by atoms with Gasteiger partial charge in [0.15, 0.2) is 6.10 Å². The standard InChI is InChI=1S/C18H17ClFNO3/c1-10-4-5-11(2)14(8-10)18(23)24-12(3)17(22)21-16-7-6-13(20)9-15(16)19/h4-9,12H,1-3H3,(H,21,22)/t12-/m0/s1.